The molecule has 144 valence electrons. The van der Waals surface area contributed by atoms with Crippen molar-refractivity contribution in [2.45, 2.75) is 6.54 Å². The van der Waals surface area contributed by atoms with Crippen LogP contribution in [0, 0.1) is 0 Å². The highest BCUT2D eigenvalue weighted by molar-refractivity contribution is 9.10. The number of rotatable bonds is 8. The fraction of sp³-hybridized carbons (Fsp3) is 0.263. The molecule has 0 spiro atoms. The number of carbonyl (C=O) groups excluding carboxylic acids is 2. The van der Waals surface area contributed by atoms with Crippen molar-refractivity contribution in [3.63, 3.8) is 0 Å². The van der Waals surface area contributed by atoms with Crippen LogP contribution in [0.2, 0.25) is 0 Å². The van der Waals surface area contributed by atoms with Gasteiger partial charge in [0, 0.05) is 11.0 Å². The van der Waals surface area contributed by atoms with E-state index in [4.69, 9.17) is 18.9 Å². The minimum absolute atomic E-state index is 0.185. The van der Waals surface area contributed by atoms with Crippen molar-refractivity contribution in [1.82, 2.24) is 5.32 Å². The highest BCUT2D eigenvalue weighted by atomic mass is 79.9. The predicted octanol–water partition coefficient (Wildman–Crippen LogP) is 2.95. The van der Waals surface area contributed by atoms with Gasteiger partial charge in [0.05, 0.1) is 26.9 Å². The Bertz CT molecular complexity index is 799. The van der Waals surface area contributed by atoms with Gasteiger partial charge in [0.1, 0.15) is 0 Å². The van der Waals surface area contributed by atoms with Gasteiger partial charge in [-0.3, -0.25) is 4.79 Å². The van der Waals surface area contributed by atoms with Gasteiger partial charge >= 0.3 is 5.97 Å². The topological polar surface area (TPSA) is 83.1 Å². The first-order valence-corrected chi connectivity index (χ1v) is 8.76. The molecule has 2 aromatic rings. The third-order valence-electron chi connectivity index (χ3n) is 3.61. The van der Waals surface area contributed by atoms with Gasteiger partial charge in [-0.1, -0.05) is 28.1 Å². The SMILES string of the molecule is COc1cc(C(=O)OCC(=O)NCc2cccc(Br)c2)cc(OC)c1OC. The van der Waals surface area contributed by atoms with E-state index in [1.54, 1.807) is 0 Å². The van der Waals surface area contributed by atoms with Crippen molar-refractivity contribution >= 4 is 27.8 Å². The first kappa shape index (κ1) is 20.6. The summed E-state index contributed by atoms with van der Waals surface area (Å²) in [6, 6.07) is 10.5. The summed E-state index contributed by atoms with van der Waals surface area (Å²) >= 11 is 3.37. The lowest BCUT2D eigenvalue weighted by Crippen LogP contribution is -2.28. The van der Waals surface area contributed by atoms with E-state index >= 15 is 0 Å². The molecule has 0 fully saturated rings. The summed E-state index contributed by atoms with van der Waals surface area (Å²) in [5.74, 6) is -0.0725. The zero-order valence-corrected chi connectivity index (χ0v) is 16.8. The van der Waals surface area contributed by atoms with Gasteiger partial charge in [0.25, 0.3) is 5.91 Å². The average molecular weight is 438 g/mol. The van der Waals surface area contributed by atoms with E-state index in [-0.39, 0.29) is 5.56 Å². The van der Waals surface area contributed by atoms with Gasteiger partial charge in [-0.15, -0.1) is 0 Å². The zero-order valence-electron chi connectivity index (χ0n) is 15.2. The van der Waals surface area contributed by atoms with Crippen molar-refractivity contribution in [1.29, 1.82) is 0 Å². The molecule has 0 bridgehead atoms. The first-order chi connectivity index (χ1) is 13.0. The smallest absolute Gasteiger partial charge is 0.338 e. The van der Waals surface area contributed by atoms with E-state index in [1.807, 2.05) is 24.3 Å². The standard InChI is InChI=1S/C19H20BrNO6/c1-24-15-8-13(9-16(25-2)18(15)26-3)19(23)27-11-17(22)21-10-12-5-4-6-14(20)7-12/h4-9H,10-11H2,1-3H3,(H,21,22). The third kappa shape index (κ3) is 5.62. The minimum Gasteiger partial charge on any atom is -0.493 e. The van der Waals surface area contributed by atoms with Crippen LogP contribution in [-0.4, -0.2) is 39.8 Å². The Balaban J connectivity index is 1.95. The van der Waals surface area contributed by atoms with Crippen LogP contribution in [0.15, 0.2) is 40.9 Å². The number of carbonyl (C=O) groups is 2. The van der Waals surface area contributed by atoms with Gasteiger partial charge in [-0.2, -0.15) is 0 Å². The summed E-state index contributed by atoms with van der Waals surface area (Å²) in [7, 11) is 4.36. The predicted molar refractivity (Wildman–Crippen MR) is 102 cm³/mol. The first-order valence-electron chi connectivity index (χ1n) is 7.96. The minimum atomic E-state index is -0.674. The molecule has 0 aliphatic carbocycles. The van der Waals surface area contributed by atoms with E-state index < -0.39 is 18.5 Å². The molecule has 7 nitrogen and oxygen atoms in total. The molecule has 0 unspecified atom stereocenters. The second kappa shape index (κ2) is 9.82. The Morgan fingerprint density at radius 2 is 1.67 bits per heavy atom. The maximum absolute atomic E-state index is 12.2. The van der Waals surface area contributed by atoms with Crippen LogP contribution in [0.25, 0.3) is 0 Å². The van der Waals surface area contributed by atoms with E-state index in [9.17, 15) is 9.59 Å². The molecule has 0 aromatic heterocycles. The second-order valence-corrected chi connectivity index (χ2v) is 6.31. The van der Waals surface area contributed by atoms with Gasteiger partial charge in [-0.25, -0.2) is 4.79 Å². The number of hydrogen-bond acceptors (Lipinski definition) is 6. The maximum atomic E-state index is 12.2. The van der Waals surface area contributed by atoms with Gasteiger partial charge in [0.2, 0.25) is 5.75 Å². The molecule has 27 heavy (non-hydrogen) atoms. The van der Waals surface area contributed by atoms with Crippen LogP contribution in [0.5, 0.6) is 17.2 Å². The number of hydrogen-bond donors (Lipinski definition) is 1. The Hall–Kier alpha value is -2.74. The van der Waals surface area contributed by atoms with Crippen LogP contribution < -0.4 is 19.5 Å². The molecule has 0 atom stereocenters. The van der Waals surface area contributed by atoms with Crippen LogP contribution >= 0.6 is 15.9 Å². The van der Waals surface area contributed by atoms with E-state index in [0.29, 0.717) is 23.8 Å². The molecular formula is C19H20BrNO6. The quantitative estimate of drug-likeness (QED) is 0.639. The monoisotopic (exact) mass is 437 g/mol. The lowest BCUT2D eigenvalue weighted by atomic mass is 10.2. The summed E-state index contributed by atoms with van der Waals surface area (Å²) in [4.78, 5) is 24.2. The molecule has 0 saturated heterocycles. The second-order valence-electron chi connectivity index (χ2n) is 5.40. The normalized spacial score (nSPS) is 10.1. The molecule has 0 aliphatic rings. The summed E-state index contributed by atoms with van der Waals surface area (Å²) in [5.41, 5.74) is 1.11. The van der Waals surface area contributed by atoms with Crippen LogP contribution in [0.1, 0.15) is 15.9 Å². The molecular weight excluding hydrogens is 418 g/mol. The van der Waals surface area contributed by atoms with E-state index in [1.165, 1.54) is 33.5 Å². The Labute approximate surface area is 165 Å². The molecule has 1 N–H and O–H groups in total. The van der Waals surface area contributed by atoms with Gasteiger partial charge in [0.15, 0.2) is 18.1 Å². The number of amides is 1. The molecule has 0 saturated carbocycles. The maximum Gasteiger partial charge on any atom is 0.338 e. The number of benzene rings is 2. The fourth-order valence-corrected chi connectivity index (χ4v) is 2.76. The number of ether oxygens (including phenoxy) is 4. The molecule has 0 radical (unpaired) electrons. The number of halogens is 1. The summed E-state index contributed by atoms with van der Waals surface area (Å²) in [6.45, 7) is -0.0660. The van der Waals surface area contributed by atoms with Gasteiger partial charge < -0.3 is 24.3 Å². The lowest BCUT2D eigenvalue weighted by molar-refractivity contribution is -0.124. The van der Waals surface area contributed by atoms with Gasteiger partial charge in [-0.05, 0) is 29.8 Å². The zero-order chi connectivity index (χ0) is 19.8. The molecule has 2 rings (SSSR count). The van der Waals surface area contributed by atoms with Crippen LogP contribution in [0.4, 0.5) is 0 Å². The number of nitrogens with one attached hydrogen (secondary N) is 1. The van der Waals surface area contributed by atoms with Crippen molar-refractivity contribution in [3.8, 4) is 17.2 Å². The molecule has 2 aromatic carbocycles. The van der Waals surface area contributed by atoms with E-state index in [0.717, 1.165) is 10.0 Å². The summed E-state index contributed by atoms with van der Waals surface area (Å²) in [5, 5.41) is 2.69. The lowest BCUT2D eigenvalue weighted by Gasteiger charge is -2.13. The third-order valence-corrected chi connectivity index (χ3v) is 4.11. The number of methoxy groups -OCH3 is 3. The van der Waals surface area contributed by atoms with Crippen molar-refractivity contribution in [2.24, 2.45) is 0 Å². The highest BCUT2D eigenvalue weighted by Gasteiger charge is 2.18. The summed E-state index contributed by atoms with van der Waals surface area (Å²) in [6.07, 6.45) is 0. The van der Waals surface area contributed by atoms with Crippen molar-refractivity contribution in [3.05, 3.63) is 52.0 Å². The van der Waals surface area contributed by atoms with Crippen LogP contribution in [-0.2, 0) is 16.1 Å². The molecule has 0 aliphatic heterocycles. The molecule has 1 amide bonds. The fourth-order valence-electron chi connectivity index (χ4n) is 2.31. The Morgan fingerprint density at radius 1 is 1.00 bits per heavy atom. The highest BCUT2D eigenvalue weighted by Crippen LogP contribution is 2.38. The largest absolute Gasteiger partial charge is 0.493 e. The van der Waals surface area contributed by atoms with Crippen LogP contribution in [0.3, 0.4) is 0 Å². The van der Waals surface area contributed by atoms with E-state index in [2.05, 4.69) is 21.2 Å². The Morgan fingerprint density at radius 3 is 2.22 bits per heavy atom. The molecule has 8 heteroatoms. The van der Waals surface area contributed by atoms with Crippen molar-refractivity contribution < 1.29 is 28.5 Å². The molecule has 0 heterocycles. The summed E-state index contributed by atoms with van der Waals surface area (Å²) < 4.78 is 21.6. The Kier molecular flexibility index (Phi) is 7.48. The average Bonchev–Trinajstić information content (AvgIpc) is 2.69. The van der Waals surface area contributed by atoms with Crippen molar-refractivity contribution in [2.75, 3.05) is 27.9 Å². The number of esters is 1.